The van der Waals surface area contributed by atoms with Crippen molar-refractivity contribution < 1.29 is 38.8 Å². The molecule has 0 radical (unpaired) electrons. The number of Topliss-reactive ketones (excluding diaryl/α,β-unsaturated/α-hetero) is 1. The summed E-state index contributed by atoms with van der Waals surface area (Å²) in [5.41, 5.74) is -0.750. The van der Waals surface area contributed by atoms with E-state index in [9.17, 15) is 24.6 Å². The van der Waals surface area contributed by atoms with Crippen LogP contribution in [0.15, 0.2) is 34.3 Å². The molecule has 11 heteroatoms. The number of ketones is 1. The van der Waals surface area contributed by atoms with Gasteiger partial charge in [-0.2, -0.15) is 0 Å². The molecule has 0 aromatic heterocycles. The van der Waals surface area contributed by atoms with E-state index in [2.05, 4.69) is 14.7 Å². The van der Waals surface area contributed by atoms with Gasteiger partial charge in [0.25, 0.3) is 0 Å². The van der Waals surface area contributed by atoms with Crippen molar-refractivity contribution in [1.82, 2.24) is 14.7 Å². The van der Waals surface area contributed by atoms with Crippen molar-refractivity contribution in [2.45, 2.75) is 71.2 Å². The highest BCUT2D eigenvalue weighted by molar-refractivity contribution is 6.13. The number of methoxy groups -OCH3 is 1. The van der Waals surface area contributed by atoms with Crippen molar-refractivity contribution in [1.29, 1.82) is 0 Å². The predicted octanol–water partition coefficient (Wildman–Crippen LogP) is 2.46. The molecule has 1 saturated carbocycles. The molecule has 0 aromatic rings. The predicted molar refractivity (Wildman–Crippen MR) is 165 cm³/mol. The molecule has 44 heavy (non-hydrogen) atoms. The van der Waals surface area contributed by atoms with E-state index in [1.54, 1.807) is 6.20 Å². The van der Waals surface area contributed by atoms with E-state index in [4.69, 9.17) is 14.2 Å². The van der Waals surface area contributed by atoms with Crippen molar-refractivity contribution in [3.63, 3.8) is 0 Å². The lowest BCUT2D eigenvalue weighted by molar-refractivity contribution is -0.161. The molecule has 3 aliphatic carbocycles. The van der Waals surface area contributed by atoms with Gasteiger partial charge >= 0.3 is 11.9 Å². The zero-order valence-corrected chi connectivity index (χ0v) is 27.6. The number of ether oxygens (including phenoxy) is 3. The zero-order chi connectivity index (χ0) is 32.6. The van der Waals surface area contributed by atoms with Crippen molar-refractivity contribution in [3.05, 3.63) is 34.3 Å². The van der Waals surface area contributed by atoms with Crippen LogP contribution in [0.25, 0.3) is 0 Å². The van der Waals surface area contributed by atoms with Crippen LogP contribution in [0.2, 0.25) is 0 Å². The fourth-order valence-electron chi connectivity index (χ4n) is 7.88. The maximum atomic E-state index is 14.3. The molecule has 0 aromatic carbocycles. The number of aliphatic hydroxyl groups excluding tert-OH is 2. The van der Waals surface area contributed by atoms with E-state index < -0.39 is 52.6 Å². The Morgan fingerprint density at radius 1 is 1.05 bits per heavy atom. The van der Waals surface area contributed by atoms with E-state index in [1.807, 2.05) is 42.0 Å². The van der Waals surface area contributed by atoms with Crippen LogP contribution in [0.5, 0.6) is 0 Å². The van der Waals surface area contributed by atoms with Crippen molar-refractivity contribution in [3.8, 4) is 0 Å². The van der Waals surface area contributed by atoms with Gasteiger partial charge in [-0.15, -0.1) is 0 Å². The molecular weight excluding hydrogens is 566 g/mol. The third-order valence-electron chi connectivity index (χ3n) is 10.1. The van der Waals surface area contributed by atoms with Gasteiger partial charge in [0.2, 0.25) is 5.78 Å². The minimum Gasteiger partial charge on any atom is -0.504 e. The number of fused-ring (bicyclic) bond motifs is 4. The molecule has 0 bridgehead atoms. The molecule has 6 atom stereocenters. The van der Waals surface area contributed by atoms with Crippen LogP contribution in [-0.4, -0.2) is 129 Å². The Hall–Kier alpha value is -2.73. The number of esters is 2. The number of carbonyl (C=O) groups is 3. The first-order valence-electron chi connectivity index (χ1n) is 15.7. The molecule has 0 amide bonds. The van der Waals surface area contributed by atoms with E-state index in [0.29, 0.717) is 43.5 Å². The summed E-state index contributed by atoms with van der Waals surface area (Å²) in [6.45, 7) is 8.10. The highest BCUT2D eigenvalue weighted by Crippen LogP contribution is 2.63. The quantitative estimate of drug-likeness (QED) is 0.248. The van der Waals surface area contributed by atoms with Crippen molar-refractivity contribution in [2.24, 2.45) is 16.7 Å². The van der Waals surface area contributed by atoms with Crippen LogP contribution in [-0.2, 0) is 28.6 Å². The summed E-state index contributed by atoms with van der Waals surface area (Å²) in [7, 11) is 9.54. The molecule has 4 aliphatic rings. The molecule has 1 saturated heterocycles. The van der Waals surface area contributed by atoms with Crippen molar-refractivity contribution in [2.75, 3.05) is 68.1 Å². The second kappa shape index (κ2) is 13.3. The molecule has 1 heterocycles. The van der Waals surface area contributed by atoms with E-state index in [1.165, 1.54) is 14.0 Å². The molecule has 0 spiro atoms. The maximum absolute atomic E-state index is 14.3. The van der Waals surface area contributed by atoms with Gasteiger partial charge in [0, 0.05) is 49.9 Å². The highest BCUT2D eigenvalue weighted by atomic mass is 16.6. The summed E-state index contributed by atoms with van der Waals surface area (Å²) < 4.78 is 17.5. The number of hydrogen-bond donors (Lipinski definition) is 2. The third kappa shape index (κ3) is 6.21. The summed E-state index contributed by atoms with van der Waals surface area (Å²) in [6, 6.07) is 0. The molecule has 6 unspecified atom stereocenters. The van der Waals surface area contributed by atoms with Crippen LogP contribution >= 0.6 is 0 Å². The van der Waals surface area contributed by atoms with Crippen LogP contribution in [0.4, 0.5) is 0 Å². The van der Waals surface area contributed by atoms with Gasteiger partial charge in [0.1, 0.15) is 12.2 Å². The molecule has 246 valence electrons. The van der Waals surface area contributed by atoms with E-state index in [0.717, 1.165) is 25.9 Å². The van der Waals surface area contributed by atoms with Gasteiger partial charge in [-0.3, -0.25) is 9.59 Å². The Balaban J connectivity index is 1.89. The summed E-state index contributed by atoms with van der Waals surface area (Å²) in [5, 5.41) is 22.8. The number of aliphatic hydroxyl groups is 2. The molecule has 2 fully saturated rings. The number of allylic oxidation sites excluding steroid dienone is 1. The highest BCUT2D eigenvalue weighted by Gasteiger charge is 2.64. The molecule has 2 N–H and O–H groups in total. The van der Waals surface area contributed by atoms with Gasteiger partial charge in [-0.25, -0.2) is 4.79 Å². The Bertz CT molecular complexity index is 1230. The lowest BCUT2D eigenvalue weighted by Gasteiger charge is -2.54. The Kier molecular flexibility index (Phi) is 10.3. The van der Waals surface area contributed by atoms with Gasteiger partial charge in [0.15, 0.2) is 5.76 Å². The molecular formula is C33H51N3O8. The van der Waals surface area contributed by atoms with Gasteiger partial charge in [-0.1, -0.05) is 6.92 Å². The Morgan fingerprint density at radius 2 is 1.66 bits per heavy atom. The lowest BCUT2D eigenvalue weighted by atomic mass is 9.53. The maximum Gasteiger partial charge on any atom is 0.340 e. The van der Waals surface area contributed by atoms with Gasteiger partial charge in [0.05, 0.1) is 23.7 Å². The van der Waals surface area contributed by atoms with Gasteiger partial charge in [-0.05, 0) is 91.8 Å². The number of rotatable bonds is 12. The van der Waals surface area contributed by atoms with Crippen LogP contribution in [0, 0.1) is 16.7 Å². The molecule has 11 nitrogen and oxygen atoms in total. The average Bonchev–Trinajstić information content (AvgIpc) is 3.22. The summed E-state index contributed by atoms with van der Waals surface area (Å²) >= 11 is 0. The summed E-state index contributed by atoms with van der Waals surface area (Å²) in [5.74, 6) is -2.60. The van der Waals surface area contributed by atoms with E-state index >= 15 is 0 Å². The Morgan fingerprint density at radius 3 is 2.20 bits per heavy atom. The first-order chi connectivity index (χ1) is 20.7. The number of cyclic esters (lactones) is 1. The fraction of sp³-hybridized carbons (Fsp3) is 0.727. The standard InChI is InChI=1S/C33H51N3O8/c1-20(37)43-23-17-32(2)22(11-12-24(32)38)26-28(23)33(3)25(19-42-8)44-31(41)21(27(33)30(40)29(26)39)18-36(15-9-13-34(4)5)16-10-14-35(6)7/h18,22-25,38,40H,9-17,19H2,1-8H3/b21-18-. The second-order valence-electron chi connectivity index (χ2n) is 13.8. The van der Waals surface area contributed by atoms with Crippen LogP contribution in [0.1, 0.15) is 52.9 Å². The smallest absolute Gasteiger partial charge is 0.340 e. The van der Waals surface area contributed by atoms with Gasteiger partial charge < -0.3 is 39.1 Å². The SMILES string of the molecule is COCC1OC(=O)/C(=C\N(CCCN(C)C)CCCN(C)C)C2=C(O)C(=O)C3=C(C(OC(C)=O)CC4(C)C(O)CCC34)C21C. The summed E-state index contributed by atoms with van der Waals surface area (Å²) in [4.78, 5) is 46.7. The largest absolute Gasteiger partial charge is 0.504 e. The van der Waals surface area contributed by atoms with E-state index in [-0.39, 0.29) is 23.7 Å². The fourth-order valence-corrected chi connectivity index (χ4v) is 7.88. The topological polar surface area (TPSA) is 129 Å². The Labute approximate surface area is 261 Å². The minimum absolute atomic E-state index is 0.00397. The zero-order valence-electron chi connectivity index (χ0n) is 27.6. The second-order valence-corrected chi connectivity index (χ2v) is 13.8. The number of hydrogen-bond acceptors (Lipinski definition) is 11. The van der Waals surface area contributed by atoms with Crippen molar-refractivity contribution >= 4 is 17.7 Å². The first kappa shape index (κ1) is 34.1. The third-order valence-corrected chi connectivity index (χ3v) is 10.1. The number of nitrogens with zero attached hydrogens (tertiary/aromatic N) is 3. The van der Waals surface area contributed by atoms with Crippen LogP contribution < -0.4 is 0 Å². The monoisotopic (exact) mass is 617 g/mol. The average molecular weight is 618 g/mol. The van der Waals surface area contributed by atoms with Crippen LogP contribution in [0.3, 0.4) is 0 Å². The first-order valence-corrected chi connectivity index (χ1v) is 15.7. The normalized spacial score (nSPS) is 32.7. The molecule has 1 aliphatic heterocycles. The number of carbonyl (C=O) groups excluding carboxylic acids is 3. The minimum atomic E-state index is -1.23. The lowest BCUT2D eigenvalue weighted by Crippen LogP contribution is -2.57. The summed E-state index contributed by atoms with van der Waals surface area (Å²) in [6.07, 6.45) is 2.31. The molecule has 4 rings (SSSR count).